The summed E-state index contributed by atoms with van der Waals surface area (Å²) < 4.78 is 5.36. The number of aromatic nitrogens is 1. The van der Waals surface area contributed by atoms with Crippen LogP contribution in [-0.4, -0.2) is 45.8 Å². The average molecular weight is 264 g/mol. The third kappa shape index (κ3) is 3.50. The molecule has 1 aromatic rings. The molecule has 0 bridgehead atoms. The first-order valence-electron chi connectivity index (χ1n) is 6.87. The van der Waals surface area contributed by atoms with Gasteiger partial charge in [-0.2, -0.15) is 0 Å². The minimum atomic E-state index is 0.662. The number of rotatable bonds is 5. The average Bonchev–Trinajstić information content (AvgIpc) is 2.45. The SMILES string of the molecule is COc1nccc(N(C)C)c1NCC1CCCNC1. The van der Waals surface area contributed by atoms with E-state index in [4.69, 9.17) is 4.74 Å². The van der Waals surface area contributed by atoms with Crippen LogP contribution in [0.15, 0.2) is 12.3 Å². The predicted octanol–water partition coefficient (Wildman–Crippen LogP) is 1.57. The Kier molecular flexibility index (Phi) is 4.85. The van der Waals surface area contributed by atoms with E-state index in [9.17, 15) is 0 Å². The van der Waals surface area contributed by atoms with Gasteiger partial charge in [-0.1, -0.05) is 0 Å². The first kappa shape index (κ1) is 13.9. The Morgan fingerprint density at radius 1 is 1.53 bits per heavy atom. The molecular weight excluding hydrogens is 240 g/mol. The highest BCUT2D eigenvalue weighted by Crippen LogP contribution is 2.32. The molecule has 1 unspecified atom stereocenters. The standard InChI is InChI=1S/C14H24N4O/c1-18(2)12-6-8-16-14(19-3)13(12)17-10-11-5-4-7-15-9-11/h6,8,11,15,17H,4-5,7,9-10H2,1-3H3. The highest BCUT2D eigenvalue weighted by molar-refractivity contribution is 5.74. The van der Waals surface area contributed by atoms with Crippen LogP contribution in [0.3, 0.4) is 0 Å². The van der Waals surface area contributed by atoms with Crippen LogP contribution < -0.4 is 20.3 Å². The van der Waals surface area contributed by atoms with Gasteiger partial charge in [0, 0.05) is 26.8 Å². The van der Waals surface area contributed by atoms with E-state index in [0.717, 1.165) is 31.0 Å². The molecule has 106 valence electrons. The van der Waals surface area contributed by atoms with Crippen LogP contribution in [0.4, 0.5) is 11.4 Å². The molecule has 1 aliphatic heterocycles. The highest BCUT2D eigenvalue weighted by Gasteiger charge is 2.16. The lowest BCUT2D eigenvalue weighted by atomic mass is 10.00. The van der Waals surface area contributed by atoms with Crippen molar-refractivity contribution in [2.45, 2.75) is 12.8 Å². The van der Waals surface area contributed by atoms with Gasteiger partial charge in [0.15, 0.2) is 0 Å². The minimum Gasteiger partial charge on any atom is -0.479 e. The summed E-state index contributed by atoms with van der Waals surface area (Å²) in [5, 5.41) is 6.95. The quantitative estimate of drug-likeness (QED) is 0.845. The van der Waals surface area contributed by atoms with Gasteiger partial charge in [0.2, 0.25) is 5.88 Å². The third-order valence-corrected chi connectivity index (χ3v) is 3.54. The van der Waals surface area contributed by atoms with Gasteiger partial charge in [-0.15, -0.1) is 0 Å². The molecule has 5 heteroatoms. The first-order chi connectivity index (χ1) is 9.22. The van der Waals surface area contributed by atoms with Crippen molar-refractivity contribution < 1.29 is 4.74 Å². The summed E-state index contributed by atoms with van der Waals surface area (Å²) in [6.45, 7) is 3.19. The van der Waals surface area contributed by atoms with Gasteiger partial charge in [0.25, 0.3) is 0 Å². The van der Waals surface area contributed by atoms with Gasteiger partial charge in [-0.3, -0.25) is 0 Å². The monoisotopic (exact) mass is 264 g/mol. The zero-order valence-corrected chi connectivity index (χ0v) is 12.1. The molecule has 0 spiro atoms. The summed E-state index contributed by atoms with van der Waals surface area (Å²) in [5.74, 6) is 1.34. The topological polar surface area (TPSA) is 49.4 Å². The number of hydrogen-bond acceptors (Lipinski definition) is 5. The molecule has 0 amide bonds. The van der Waals surface area contributed by atoms with Crippen molar-refractivity contribution in [3.8, 4) is 5.88 Å². The van der Waals surface area contributed by atoms with Crippen LogP contribution >= 0.6 is 0 Å². The van der Waals surface area contributed by atoms with Crippen molar-refractivity contribution in [1.29, 1.82) is 0 Å². The van der Waals surface area contributed by atoms with Crippen molar-refractivity contribution in [2.75, 3.05) is 51.1 Å². The lowest BCUT2D eigenvalue weighted by Gasteiger charge is -2.25. The normalized spacial score (nSPS) is 19.0. The van der Waals surface area contributed by atoms with Crippen LogP contribution in [0.25, 0.3) is 0 Å². The van der Waals surface area contributed by atoms with E-state index in [1.165, 1.54) is 12.8 Å². The number of nitrogens with one attached hydrogen (secondary N) is 2. The van der Waals surface area contributed by atoms with Crippen LogP contribution in [0.5, 0.6) is 5.88 Å². The molecule has 1 aromatic heterocycles. The Bertz CT molecular complexity index is 402. The Morgan fingerprint density at radius 2 is 2.37 bits per heavy atom. The van der Waals surface area contributed by atoms with Crippen LogP contribution in [0, 0.1) is 5.92 Å². The molecule has 1 atom stereocenters. The minimum absolute atomic E-state index is 0.662. The molecule has 1 aliphatic rings. The summed E-state index contributed by atoms with van der Waals surface area (Å²) in [6, 6.07) is 2.00. The summed E-state index contributed by atoms with van der Waals surface area (Å²) in [5.41, 5.74) is 2.09. The fraction of sp³-hybridized carbons (Fsp3) is 0.643. The van der Waals surface area contributed by atoms with Crippen LogP contribution in [-0.2, 0) is 0 Å². The molecule has 2 N–H and O–H groups in total. The van der Waals surface area contributed by atoms with Crippen molar-refractivity contribution in [2.24, 2.45) is 5.92 Å². The number of piperidine rings is 1. The molecule has 19 heavy (non-hydrogen) atoms. The molecule has 1 saturated heterocycles. The fourth-order valence-corrected chi connectivity index (χ4v) is 2.47. The van der Waals surface area contributed by atoms with Crippen molar-refractivity contribution in [1.82, 2.24) is 10.3 Å². The predicted molar refractivity (Wildman–Crippen MR) is 79.2 cm³/mol. The third-order valence-electron chi connectivity index (χ3n) is 3.54. The summed E-state index contributed by atoms with van der Waals surface area (Å²) in [4.78, 5) is 6.35. The number of anilines is 2. The van der Waals surface area contributed by atoms with E-state index in [2.05, 4.69) is 20.5 Å². The summed E-state index contributed by atoms with van der Waals surface area (Å²) in [6.07, 6.45) is 4.32. The van der Waals surface area contributed by atoms with Gasteiger partial charge in [-0.05, 0) is 37.9 Å². The van der Waals surface area contributed by atoms with Crippen LogP contribution in [0.1, 0.15) is 12.8 Å². The fourth-order valence-electron chi connectivity index (χ4n) is 2.47. The molecule has 2 heterocycles. The van der Waals surface area contributed by atoms with Crippen molar-refractivity contribution >= 4 is 11.4 Å². The second kappa shape index (κ2) is 6.61. The van der Waals surface area contributed by atoms with Gasteiger partial charge >= 0.3 is 0 Å². The van der Waals surface area contributed by atoms with E-state index in [0.29, 0.717) is 11.8 Å². The lowest BCUT2D eigenvalue weighted by Crippen LogP contribution is -2.33. The first-order valence-corrected chi connectivity index (χ1v) is 6.87. The molecular formula is C14H24N4O. The Balaban J connectivity index is 2.08. The van der Waals surface area contributed by atoms with Crippen molar-refractivity contribution in [3.05, 3.63) is 12.3 Å². The van der Waals surface area contributed by atoms with Gasteiger partial charge in [0.05, 0.1) is 12.8 Å². The molecule has 0 aliphatic carbocycles. The molecule has 1 fully saturated rings. The molecule has 0 saturated carbocycles. The van der Waals surface area contributed by atoms with Gasteiger partial charge in [0.1, 0.15) is 5.69 Å². The summed E-state index contributed by atoms with van der Waals surface area (Å²) >= 11 is 0. The van der Waals surface area contributed by atoms with E-state index in [1.54, 1.807) is 13.3 Å². The number of methoxy groups -OCH3 is 1. The Morgan fingerprint density at radius 3 is 3.00 bits per heavy atom. The van der Waals surface area contributed by atoms with Crippen LogP contribution in [0.2, 0.25) is 0 Å². The summed E-state index contributed by atoms with van der Waals surface area (Å²) in [7, 11) is 5.72. The number of nitrogens with zero attached hydrogens (tertiary/aromatic N) is 2. The number of hydrogen-bond donors (Lipinski definition) is 2. The van der Waals surface area contributed by atoms with Crippen molar-refractivity contribution in [3.63, 3.8) is 0 Å². The Labute approximate surface area is 115 Å². The zero-order chi connectivity index (χ0) is 13.7. The number of ether oxygens (including phenoxy) is 1. The molecule has 5 nitrogen and oxygen atoms in total. The lowest BCUT2D eigenvalue weighted by molar-refractivity contribution is 0.387. The maximum absolute atomic E-state index is 5.36. The smallest absolute Gasteiger partial charge is 0.239 e. The molecule has 0 aromatic carbocycles. The molecule has 2 rings (SSSR count). The Hall–Kier alpha value is -1.49. The number of pyridine rings is 1. The second-order valence-electron chi connectivity index (χ2n) is 5.20. The highest BCUT2D eigenvalue weighted by atomic mass is 16.5. The van der Waals surface area contributed by atoms with E-state index in [1.807, 2.05) is 20.2 Å². The maximum atomic E-state index is 5.36. The van der Waals surface area contributed by atoms with E-state index in [-0.39, 0.29) is 0 Å². The zero-order valence-electron chi connectivity index (χ0n) is 12.1. The van der Waals surface area contributed by atoms with Gasteiger partial charge in [-0.25, -0.2) is 4.98 Å². The second-order valence-corrected chi connectivity index (χ2v) is 5.20. The largest absolute Gasteiger partial charge is 0.479 e. The van der Waals surface area contributed by atoms with E-state index < -0.39 is 0 Å². The molecule has 0 radical (unpaired) electrons. The maximum Gasteiger partial charge on any atom is 0.239 e. The van der Waals surface area contributed by atoms with Gasteiger partial charge < -0.3 is 20.3 Å². The van der Waals surface area contributed by atoms with E-state index >= 15 is 0 Å².